The molecule has 3 rings (SSSR count). The van der Waals surface area contributed by atoms with Gasteiger partial charge in [-0.15, -0.1) is 13.2 Å². The predicted octanol–water partition coefficient (Wildman–Crippen LogP) is 2.83. The third-order valence-electron chi connectivity index (χ3n) is 4.29. The van der Waals surface area contributed by atoms with Crippen LogP contribution in [-0.2, 0) is 6.54 Å². The molecule has 0 unspecified atom stereocenters. The van der Waals surface area contributed by atoms with Crippen LogP contribution < -0.4 is 10.1 Å². The van der Waals surface area contributed by atoms with Gasteiger partial charge in [0.1, 0.15) is 5.52 Å². The van der Waals surface area contributed by atoms with Gasteiger partial charge in [0.2, 0.25) is 0 Å². The summed E-state index contributed by atoms with van der Waals surface area (Å²) in [6.07, 6.45) is -0.346. The maximum atomic E-state index is 12.6. The number of benzene rings is 1. The number of piperidine rings is 1. The van der Waals surface area contributed by atoms with Crippen molar-refractivity contribution >= 4 is 11.0 Å². The van der Waals surface area contributed by atoms with Crippen LogP contribution in [0, 0.1) is 0 Å². The Morgan fingerprint density at radius 1 is 1.38 bits per heavy atom. The van der Waals surface area contributed by atoms with Crippen molar-refractivity contribution < 1.29 is 23.0 Å². The van der Waals surface area contributed by atoms with Gasteiger partial charge >= 0.3 is 6.36 Å². The molecular weight excluding hydrogens is 323 g/mol. The van der Waals surface area contributed by atoms with Crippen LogP contribution in [0.1, 0.15) is 25.7 Å². The number of hydrogen-bond acceptors (Lipinski definition) is 4. The lowest BCUT2D eigenvalue weighted by Crippen LogP contribution is -2.44. The zero-order valence-electron chi connectivity index (χ0n) is 13.1. The third-order valence-corrected chi connectivity index (χ3v) is 4.29. The van der Waals surface area contributed by atoms with Crippen LogP contribution in [0.25, 0.3) is 11.0 Å². The number of aryl methyl sites for hydroxylation is 1. The highest BCUT2D eigenvalue weighted by Gasteiger charge is 2.32. The molecule has 24 heavy (non-hydrogen) atoms. The number of para-hydroxylation sites is 1. The summed E-state index contributed by atoms with van der Waals surface area (Å²) in [6, 6.07) is 4.48. The lowest BCUT2D eigenvalue weighted by atomic mass is 9.97. The number of aromatic nitrogens is 2. The van der Waals surface area contributed by atoms with Crippen molar-refractivity contribution in [2.24, 2.45) is 0 Å². The summed E-state index contributed by atoms with van der Waals surface area (Å²) in [6.45, 7) is 1.40. The largest absolute Gasteiger partial charge is 0.573 e. The van der Waals surface area contributed by atoms with E-state index in [1.807, 2.05) is 0 Å². The second-order valence-electron chi connectivity index (χ2n) is 6.02. The van der Waals surface area contributed by atoms with E-state index in [1.54, 1.807) is 10.6 Å². The van der Waals surface area contributed by atoms with E-state index in [9.17, 15) is 18.3 Å². The number of nitrogens with zero attached hydrogens (tertiary/aromatic N) is 2. The number of aliphatic hydroxyl groups excluding tert-OH is 1. The highest BCUT2D eigenvalue weighted by atomic mass is 19.4. The number of hydrogen-bond donors (Lipinski definition) is 2. The zero-order valence-corrected chi connectivity index (χ0v) is 13.1. The molecule has 2 aromatic rings. The predicted molar refractivity (Wildman–Crippen MR) is 82.7 cm³/mol. The Morgan fingerprint density at radius 2 is 2.21 bits per heavy atom. The third kappa shape index (κ3) is 3.99. The highest BCUT2D eigenvalue weighted by molar-refractivity contribution is 5.82. The molecule has 0 bridgehead atoms. The van der Waals surface area contributed by atoms with Crippen molar-refractivity contribution in [1.82, 2.24) is 14.9 Å². The van der Waals surface area contributed by atoms with Crippen LogP contribution in [0.4, 0.5) is 13.2 Å². The van der Waals surface area contributed by atoms with Crippen LogP contribution in [0.15, 0.2) is 24.5 Å². The highest BCUT2D eigenvalue weighted by Crippen LogP contribution is 2.30. The summed E-state index contributed by atoms with van der Waals surface area (Å²) < 4.78 is 43.5. The van der Waals surface area contributed by atoms with Crippen molar-refractivity contribution in [3.63, 3.8) is 0 Å². The number of rotatable bonds is 5. The SMILES string of the molecule is O[C@H]1CCCN[C@@H]1CCCn1cnc2cccc(OC(F)(F)F)c21. The average molecular weight is 343 g/mol. The molecule has 0 saturated carbocycles. The fraction of sp³-hybridized carbons (Fsp3) is 0.562. The Bertz CT molecular complexity index is 687. The van der Waals surface area contributed by atoms with E-state index in [2.05, 4.69) is 15.0 Å². The lowest BCUT2D eigenvalue weighted by Gasteiger charge is -2.29. The Balaban J connectivity index is 1.70. The minimum Gasteiger partial charge on any atom is -0.403 e. The minimum atomic E-state index is -4.74. The van der Waals surface area contributed by atoms with Crippen molar-refractivity contribution in [3.05, 3.63) is 24.5 Å². The smallest absolute Gasteiger partial charge is 0.403 e. The van der Waals surface area contributed by atoms with Crippen molar-refractivity contribution in [1.29, 1.82) is 0 Å². The van der Waals surface area contributed by atoms with Crippen LogP contribution in [0.2, 0.25) is 0 Å². The maximum absolute atomic E-state index is 12.6. The molecule has 132 valence electrons. The van der Waals surface area contributed by atoms with Gasteiger partial charge in [0.25, 0.3) is 0 Å². The van der Waals surface area contributed by atoms with Gasteiger partial charge in [0, 0.05) is 12.6 Å². The molecule has 1 aliphatic rings. The topological polar surface area (TPSA) is 59.3 Å². The van der Waals surface area contributed by atoms with Gasteiger partial charge in [-0.1, -0.05) is 6.07 Å². The first kappa shape index (κ1) is 17.0. The molecular formula is C16H20F3N3O2. The summed E-state index contributed by atoms with van der Waals surface area (Å²) in [5.41, 5.74) is 0.805. The number of fused-ring (bicyclic) bond motifs is 1. The van der Waals surface area contributed by atoms with E-state index in [4.69, 9.17) is 0 Å². The van der Waals surface area contributed by atoms with Crippen LogP contribution in [-0.4, -0.2) is 39.7 Å². The number of aliphatic hydroxyl groups is 1. The average Bonchev–Trinajstić information content (AvgIpc) is 2.92. The zero-order chi connectivity index (χ0) is 17.2. The molecule has 1 aromatic carbocycles. The number of halogens is 3. The van der Waals surface area contributed by atoms with E-state index >= 15 is 0 Å². The van der Waals surface area contributed by atoms with Gasteiger partial charge in [0.05, 0.1) is 17.9 Å². The van der Waals surface area contributed by atoms with Crippen LogP contribution in [0.5, 0.6) is 5.75 Å². The molecule has 5 nitrogen and oxygen atoms in total. The Kier molecular flexibility index (Phi) is 4.96. The standard InChI is InChI=1S/C16H20F3N3O2/c17-16(18,19)24-14-7-1-4-12-15(14)22(10-21-12)9-3-5-11-13(23)6-2-8-20-11/h1,4,7,10-11,13,20,23H,2-3,5-6,8-9H2/t11-,13+/m1/s1. The summed E-state index contributed by atoms with van der Waals surface area (Å²) >= 11 is 0. The lowest BCUT2D eigenvalue weighted by molar-refractivity contribution is -0.274. The van der Waals surface area contributed by atoms with E-state index < -0.39 is 6.36 Å². The maximum Gasteiger partial charge on any atom is 0.573 e. The Hall–Kier alpha value is -1.80. The van der Waals surface area contributed by atoms with Gasteiger partial charge in [-0.05, 0) is 44.4 Å². The second-order valence-corrected chi connectivity index (χ2v) is 6.02. The van der Waals surface area contributed by atoms with Gasteiger partial charge < -0.3 is 19.7 Å². The monoisotopic (exact) mass is 343 g/mol. The normalized spacial score (nSPS) is 22.0. The summed E-state index contributed by atoms with van der Waals surface area (Å²) in [5.74, 6) is -0.242. The van der Waals surface area contributed by atoms with Crippen LogP contribution in [0.3, 0.4) is 0 Å². The van der Waals surface area contributed by atoms with E-state index in [1.165, 1.54) is 18.5 Å². The molecule has 2 heterocycles. The van der Waals surface area contributed by atoms with Gasteiger partial charge in [-0.3, -0.25) is 0 Å². The van der Waals surface area contributed by atoms with E-state index in [0.29, 0.717) is 17.6 Å². The molecule has 1 aromatic heterocycles. The molecule has 1 aliphatic heterocycles. The van der Waals surface area contributed by atoms with Crippen LogP contribution >= 0.6 is 0 Å². The number of alkyl halides is 3. The van der Waals surface area contributed by atoms with Gasteiger partial charge in [-0.25, -0.2) is 4.98 Å². The number of imidazole rings is 1. The number of ether oxygens (including phenoxy) is 1. The molecule has 2 N–H and O–H groups in total. The van der Waals surface area contributed by atoms with Gasteiger partial charge in [-0.2, -0.15) is 0 Å². The molecule has 2 atom stereocenters. The Labute approximate surface area is 137 Å². The fourth-order valence-electron chi connectivity index (χ4n) is 3.18. The molecule has 0 spiro atoms. The molecule has 1 saturated heterocycles. The summed E-state index contributed by atoms with van der Waals surface area (Å²) in [5, 5.41) is 13.2. The first-order valence-electron chi connectivity index (χ1n) is 8.05. The molecule has 0 amide bonds. The Morgan fingerprint density at radius 3 is 2.96 bits per heavy atom. The van der Waals surface area contributed by atoms with Crippen molar-refractivity contribution in [3.8, 4) is 5.75 Å². The minimum absolute atomic E-state index is 0.0411. The molecule has 8 heteroatoms. The second kappa shape index (κ2) is 6.98. The summed E-state index contributed by atoms with van der Waals surface area (Å²) in [4.78, 5) is 4.14. The first-order chi connectivity index (χ1) is 11.4. The summed E-state index contributed by atoms with van der Waals surface area (Å²) in [7, 11) is 0. The van der Waals surface area contributed by atoms with Crippen molar-refractivity contribution in [2.75, 3.05) is 6.54 Å². The number of nitrogens with one attached hydrogen (secondary N) is 1. The molecule has 0 aliphatic carbocycles. The quantitative estimate of drug-likeness (QED) is 0.876. The van der Waals surface area contributed by atoms with Crippen molar-refractivity contribution in [2.45, 2.75) is 50.7 Å². The fourth-order valence-corrected chi connectivity index (χ4v) is 3.18. The molecule has 0 radical (unpaired) electrons. The molecule has 1 fully saturated rings. The first-order valence-corrected chi connectivity index (χ1v) is 8.05. The van der Waals surface area contributed by atoms with E-state index in [-0.39, 0.29) is 17.9 Å². The van der Waals surface area contributed by atoms with Gasteiger partial charge in [0.15, 0.2) is 5.75 Å². The van der Waals surface area contributed by atoms with E-state index in [0.717, 1.165) is 32.2 Å².